The number of piperazine rings is 1. The van der Waals surface area contributed by atoms with Gasteiger partial charge in [-0.2, -0.15) is 0 Å². The lowest BCUT2D eigenvalue weighted by molar-refractivity contribution is 0.211. The number of anilines is 1. The van der Waals surface area contributed by atoms with Crippen molar-refractivity contribution < 1.29 is 4.39 Å². The summed E-state index contributed by atoms with van der Waals surface area (Å²) in [5.41, 5.74) is 7.40. The molecule has 1 aliphatic carbocycles. The van der Waals surface area contributed by atoms with E-state index in [1.54, 1.807) is 0 Å². The highest BCUT2D eigenvalue weighted by Gasteiger charge is 2.42. The van der Waals surface area contributed by atoms with Crippen LogP contribution in [0, 0.1) is 11.2 Å². The molecule has 0 radical (unpaired) electrons. The van der Waals surface area contributed by atoms with Gasteiger partial charge in [-0.15, -0.1) is 0 Å². The Kier molecular flexibility index (Phi) is 3.46. The van der Waals surface area contributed by atoms with Crippen LogP contribution < -0.4 is 10.6 Å². The van der Waals surface area contributed by atoms with Crippen LogP contribution in [0.2, 0.25) is 0 Å². The molecule has 0 spiro atoms. The summed E-state index contributed by atoms with van der Waals surface area (Å²) >= 11 is 0. The molecule has 1 aromatic carbocycles. The number of nitrogens with zero attached hydrogens (tertiary/aromatic N) is 2. The lowest BCUT2D eigenvalue weighted by atomic mass is 10.1. The van der Waals surface area contributed by atoms with Gasteiger partial charge in [0.05, 0.1) is 0 Å². The molecule has 0 unspecified atom stereocenters. The normalized spacial score (nSPS) is 22.5. The smallest absolute Gasteiger partial charge is 0.123 e. The van der Waals surface area contributed by atoms with Gasteiger partial charge in [-0.3, -0.25) is 4.90 Å². The Morgan fingerprint density at radius 2 is 1.68 bits per heavy atom. The van der Waals surface area contributed by atoms with Crippen LogP contribution in [0.3, 0.4) is 0 Å². The SMILES string of the molecule is NCC1(CN2CCN(c3ccc(F)cc3)CC2)CC1. The molecule has 3 nitrogen and oxygen atoms in total. The third-order valence-corrected chi connectivity index (χ3v) is 4.51. The van der Waals surface area contributed by atoms with E-state index in [0.717, 1.165) is 45.0 Å². The van der Waals surface area contributed by atoms with E-state index in [9.17, 15) is 4.39 Å². The summed E-state index contributed by atoms with van der Waals surface area (Å²) < 4.78 is 12.9. The Hall–Kier alpha value is -1.13. The van der Waals surface area contributed by atoms with Crippen LogP contribution >= 0.6 is 0 Å². The summed E-state index contributed by atoms with van der Waals surface area (Å²) in [6.07, 6.45) is 2.59. The molecule has 3 rings (SSSR count). The third-order valence-electron chi connectivity index (χ3n) is 4.51. The highest BCUT2D eigenvalue weighted by atomic mass is 19.1. The Balaban J connectivity index is 1.53. The van der Waals surface area contributed by atoms with Crippen molar-refractivity contribution >= 4 is 5.69 Å². The molecule has 0 aromatic heterocycles. The zero-order chi connectivity index (χ0) is 13.3. The standard InChI is InChI=1S/C15H22FN3/c16-13-1-3-14(4-2-13)19-9-7-18(8-10-19)12-15(11-17)5-6-15/h1-4H,5-12,17H2. The Morgan fingerprint density at radius 1 is 1.05 bits per heavy atom. The molecule has 1 aliphatic heterocycles. The zero-order valence-corrected chi connectivity index (χ0v) is 11.3. The second-order valence-electron chi connectivity index (χ2n) is 5.94. The van der Waals surface area contributed by atoms with Crippen LogP contribution in [0.1, 0.15) is 12.8 Å². The first kappa shape index (κ1) is 12.9. The molecule has 19 heavy (non-hydrogen) atoms. The van der Waals surface area contributed by atoms with Crippen LogP contribution in [0.15, 0.2) is 24.3 Å². The fraction of sp³-hybridized carbons (Fsp3) is 0.600. The molecule has 2 aliphatic rings. The van der Waals surface area contributed by atoms with Crippen molar-refractivity contribution in [1.29, 1.82) is 0 Å². The number of halogens is 1. The van der Waals surface area contributed by atoms with E-state index < -0.39 is 0 Å². The van der Waals surface area contributed by atoms with Crippen LogP contribution in [0.4, 0.5) is 10.1 Å². The van der Waals surface area contributed by atoms with Gasteiger partial charge in [0.2, 0.25) is 0 Å². The predicted molar refractivity (Wildman–Crippen MR) is 75.8 cm³/mol. The van der Waals surface area contributed by atoms with Gasteiger partial charge >= 0.3 is 0 Å². The van der Waals surface area contributed by atoms with Crippen molar-refractivity contribution in [3.8, 4) is 0 Å². The first-order valence-electron chi connectivity index (χ1n) is 7.14. The van der Waals surface area contributed by atoms with Crippen LogP contribution in [-0.4, -0.2) is 44.2 Å². The molecular formula is C15H22FN3. The number of hydrogen-bond acceptors (Lipinski definition) is 3. The lowest BCUT2D eigenvalue weighted by Gasteiger charge is -2.37. The largest absolute Gasteiger partial charge is 0.369 e. The Labute approximate surface area is 114 Å². The van der Waals surface area contributed by atoms with Gasteiger partial charge < -0.3 is 10.6 Å². The molecule has 1 saturated carbocycles. The first-order chi connectivity index (χ1) is 9.21. The van der Waals surface area contributed by atoms with Crippen molar-refractivity contribution in [2.75, 3.05) is 44.2 Å². The quantitative estimate of drug-likeness (QED) is 0.897. The number of hydrogen-bond donors (Lipinski definition) is 1. The van der Waals surface area contributed by atoms with E-state index >= 15 is 0 Å². The van der Waals surface area contributed by atoms with Crippen molar-refractivity contribution in [1.82, 2.24) is 4.90 Å². The molecule has 4 heteroatoms. The Morgan fingerprint density at radius 3 is 2.21 bits per heavy atom. The molecule has 2 fully saturated rings. The molecule has 2 N–H and O–H groups in total. The topological polar surface area (TPSA) is 32.5 Å². The van der Waals surface area contributed by atoms with E-state index in [1.807, 2.05) is 12.1 Å². The van der Waals surface area contributed by atoms with Gasteiger partial charge in [-0.25, -0.2) is 4.39 Å². The van der Waals surface area contributed by atoms with Crippen LogP contribution in [-0.2, 0) is 0 Å². The van der Waals surface area contributed by atoms with E-state index in [1.165, 1.54) is 25.0 Å². The van der Waals surface area contributed by atoms with Gasteiger partial charge in [-0.1, -0.05) is 0 Å². The van der Waals surface area contributed by atoms with Gasteiger partial charge in [0, 0.05) is 38.4 Å². The zero-order valence-electron chi connectivity index (χ0n) is 11.3. The number of benzene rings is 1. The summed E-state index contributed by atoms with van der Waals surface area (Å²) in [5.74, 6) is -0.166. The lowest BCUT2D eigenvalue weighted by Crippen LogP contribution is -2.48. The molecule has 1 aromatic rings. The highest BCUT2D eigenvalue weighted by molar-refractivity contribution is 5.46. The van der Waals surface area contributed by atoms with E-state index in [-0.39, 0.29) is 5.82 Å². The summed E-state index contributed by atoms with van der Waals surface area (Å²) in [6, 6.07) is 6.81. The van der Waals surface area contributed by atoms with Crippen LogP contribution in [0.5, 0.6) is 0 Å². The fourth-order valence-electron chi connectivity index (χ4n) is 2.89. The summed E-state index contributed by atoms with van der Waals surface area (Å²) in [4.78, 5) is 4.86. The van der Waals surface area contributed by atoms with Crippen LogP contribution in [0.25, 0.3) is 0 Å². The average Bonchev–Trinajstić information content (AvgIpc) is 3.21. The predicted octanol–water partition coefficient (Wildman–Crippen LogP) is 1.69. The molecule has 104 valence electrons. The van der Waals surface area contributed by atoms with Gasteiger partial charge in [0.25, 0.3) is 0 Å². The summed E-state index contributed by atoms with van der Waals surface area (Å²) in [6.45, 7) is 6.18. The van der Waals surface area contributed by atoms with Crippen molar-refractivity contribution in [3.05, 3.63) is 30.1 Å². The minimum absolute atomic E-state index is 0.166. The highest BCUT2D eigenvalue weighted by Crippen LogP contribution is 2.45. The van der Waals surface area contributed by atoms with Crippen molar-refractivity contribution in [2.45, 2.75) is 12.8 Å². The average molecular weight is 263 g/mol. The molecular weight excluding hydrogens is 241 g/mol. The maximum Gasteiger partial charge on any atom is 0.123 e. The third kappa shape index (κ3) is 2.90. The van der Waals surface area contributed by atoms with E-state index in [2.05, 4.69) is 9.80 Å². The minimum atomic E-state index is -0.166. The van der Waals surface area contributed by atoms with Crippen molar-refractivity contribution in [3.63, 3.8) is 0 Å². The monoisotopic (exact) mass is 263 g/mol. The van der Waals surface area contributed by atoms with Crippen molar-refractivity contribution in [2.24, 2.45) is 11.1 Å². The number of rotatable bonds is 4. The minimum Gasteiger partial charge on any atom is -0.369 e. The fourth-order valence-corrected chi connectivity index (χ4v) is 2.89. The molecule has 0 amide bonds. The maximum absolute atomic E-state index is 12.9. The second-order valence-corrected chi connectivity index (χ2v) is 5.94. The first-order valence-corrected chi connectivity index (χ1v) is 7.14. The molecule has 0 atom stereocenters. The molecule has 0 bridgehead atoms. The van der Waals surface area contributed by atoms with Gasteiger partial charge in [0.1, 0.15) is 5.82 Å². The van der Waals surface area contributed by atoms with Gasteiger partial charge in [-0.05, 0) is 49.1 Å². The summed E-state index contributed by atoms with van der Waals surface area (Å²) in [7, 11) is 0. The molecule has 1 saturated heterocycles. The number of nitrogens with two attached hydrogens (primary N) is 1. The summed E-state index contributed by atoms with van der Waals surface area (Å²) in [5, 5.41) is 0. The van der Waals surface area contributed by atoms with E-state index in [0.29, 0.717) is 5.41 Å². The maximum atomic E-state index is 12.9. The second kappa shape index (κ2) is 5.10. The molecule has 1 heterocycles. The van der Waals surface area contributed by atoms with E-state index in [4.69, 9.17) is 5.73 Å². The van der Waals surface area contributed by atoms with Gasteiger partial charge in [0.15, 0.2) is 0 Å². The Bertz CT molecular complexity index is 420.